The van der Waals surface area contributed by atoms with Crippen molar-refractivity contribution in [2.24, 2.45) is 0 Å². The van der Waals surface area contributed by atoms with Crippen molar-refractivity contribution in [1.29, 1.82) is 0 Å². The molecule has 4 heteroatoms. The molecule has 3 rings (SSSR count). The van der Waals surface area contributed by atoms with Gasteiger partial charge in [0.2, 0.25) is 5.89 Å². The summed E-state index contributed by atoms with van der Waals surface area (Å²) in [4.78, 5) is 4.63. The van der Waals surface area contributed by atoms with Gasteiger partial charge in [0.25, 0.3) is 0 Å². The summed E-state index contributed by atoms with van der Waals surface area (Å²) < 4.78 is 5.45. The quantitative estimate of drug-likeness (QED) is 0.886. The fraction of sp³-hybridized carbons (Fsp3) is 0.529. The second kappa shape index (κ2) is 6.39. The van der Waals surface area contributed by atoms with Gasteiger partial charge in [-0.2, -0.15) is 4.98 Å². The van der Waals surface area contributed by atoms with Crippen LogP contribution in [0.4, 0.5) is 0 Å². The van der Waals surface area contributed by atoms with Gasteiger partial charge in [-0.15, -0.1) is 0 Å². The Morgan fingerprint density at radius 2 is 1.95 bits per heavy atom. The molecule has 2 aromatic rings. The van der Waals surface area contributed by atoms with Crippen LogP contribution >= 0.6 is 0 Å². The summed E-state index contributed by atoms with van der Waals surface area (Å²) >= 11 is 0. The van der Waals surface area contributed by atoms with E-state index < -0.39 is 0 Å². The Bertz CT molecular complexity index is 568. The number of benzene rings is 1. The van der Waals surface area contributed by atoms with Crippen molar-refractivity contribution < 1.29 is 4.52 Å². The molecule has 1 aromatic heterocycles. The zero-order valence-corrected chi connectivity index (χ0v) is 12.8. The number of nitrogens with one attached hydrogen (secondary N) is 1. The van der Waals surface area contributed by atoms with E-state index in [1.807, 2.05) is 0 Å². The minimum atomic E-state index is 0.374. The van der Waals surface area contributed by atoms with Crippen LogP contribution in [-0.2, 0) is 19.3 Å². The van der Waals surface area contributed by atoms with E-state index in [9.17, 15) is 0 Å². The largest absolute Gasteiger partial charge is 0.339 e. The fourth-order valence-corrected chi connectivity index (χ4v) is 3.12. The molecule has 0 aliphatic heterocycles. The number of fused-ring (bicyclic) bond motifs is 1. The highest BCUT2D eigenvalue weighted by Crippen LogP contribution is 2.32. The molecule has 0 saturated carbocycles. The van der Waals surface area contributed by atoms with Gasteiger partial charge in [-0.3, -0.25) is 0 Å². The first kappa shape index (κ1) is 14.3. The zero-order chi connectivity index (χ0) is 14.7. The molecule has 1 heterocycles. The fourth-order valence-electron chi connectivity index (χ4n) is 3.12. The maximum Gasteiger partial charge on any atom is 0.228 e. The maximum absolute atomic E-state index is 5.45. The van der Waals surface area contributed by atoms with Gasteiger partial charge in [-0.05, 0) is 36.9 Å². The standard InChI is InChI=1S/C17H23N3O/c1-3-15(18-4-2)11-16-19-17(20-21-16)14-9-12-7-5-6-8-13(12)10-14/h5-8,14-15,18H,3-4,9-11H2,1-2H3. The highest BCUT2D eigenvalue weighted by atomic mass is 16.5. The predicted octanol–water partition coefficient (Wildman–Crippen LogP) is 2.88. The second-order valence-corrected chi connectivity index (χ2v) is 5.79. The van der Waals surface area contributed by atoms with E-state index in [4.69, 9.17) is 4.52 Å². The van der Waals surface area contributed by atoms with Crippen molar-refractivity contribution in [3.8, 4) is 0 Å². The molecule has 1 unspecified atom stereocenters. The third kappa shape index (κ3) is 3.16. The van der Waals surface area contributed by atoms with Crippen LogP contribution in [0, 0.1) is 0 Å². The van der Waals surface area contributed by atoms with E-state index >= 15 is 0 Å². The summed E-state index contributed by atoms with van der Waals surface area (Å²) in [6.45, 7) is 5.27. The minimum Gasteiger partial charge on any atom is -0.339 e. The molecule has 0 fully saturated rings. The van der Waals surface area contributed by atoms with Crippen LogP contribution in [0.5, 0.6) is 0 Å². The SMILES string of the molecule is CCNC(CC)Cc1nc(C2Cc3ccccc3C2)no1. The van der Waals surface area contributed by atoms with E-state index in [0.717, 1.165) is 43.9 Å². The summed E-state index contributed by atoms with van der Waals surface area (Å²) in [7, 11) is 0. The van der Waals surface area contributed by atoms with Crippen LogP contribution in [0.15, 0.2) is 28.8 Å². The van der Waals surface area contributed by atoms with Crippen molar-refractivity contribution in [1.82, 2.24) is 15.5 Å². The van der Waals surface area contributed by atoms with Gasteiger partial charge in [0.1, 0.15) is 0 Å². The van der Waals surface area contributed by atoms with Gasteiger partial charge in [0.15, 0.2) is 5.82 Å². The Kier molecular flexibility index (Phi) is 4.34. The van der Waals surface area contributed by atoms with Crippen molar-refractivity contribution in [3.63, 3.8) is 0 Å². The molecule has 112 valence electrons. The Hall–Kier alpha value is -1.68. The number of aromatic nitrogens is 2. The average molecular weight is 285 g/mol. The molecule has 4 nitrogen and oxygen atoms in total. The van der Waals surface area contributed by atoms with Crippen molar-refractivity contribution in [2.75, 3.05) is 6.54 Å². The van der Waals surface area contributed by atoms with Gasteiger partial charge in [-0.25, -0.2) is 0 Å². The molecule has 21 heavy (non-hydrogen) atoms. The molecular weight excluding hydrogens is 262 g/mol. The average Bonchev–Trinajstić information content (AvgIpc) is 3.12. The molecule has 0 saturated heterocycles. The van der Waals surface area contributed by atoms with Gasteiger partial charge >= 0.3 is 0 Å². The van der Waals surface area contributed by atoms with Crippen LogP contribution in [-0.4, -0.2) is 22.7 Å². The predicted molar refractivity (Wildman–Crippen MR) is 82.3 cm³/mol. The minimum absolute atomic E-state index is 0.374. The molecule has 1 aromatic carbocycles. The van der Waals surface area contributed by atoms with Crippen LogP contribution in [0.25, 0.3) is 0 Å². The molecule has 1 aliphatic rings. The Morgan fingerprint density at radius 1 is 1.24 bits per heavy atom. The van der Waals surface area contributed by atoms with Gasteiger partial charge in [0, 0.05) is 18.4 Å². The number of hydrogen-bond acceptors (Lipinski definition) is 4. The van der Waals surface area contributed by atoms with E-state index in [1.54, 1.807) is 0 Å². The molecular formula is C17H23N3O. The first-order valence-corrected chi connectivity index (χ1v) is 7.92. The Balaban J connectivity index is 1.66. The summed E-state index contributed by atoms with van der Waals surface area (Å²) in [6.07, 6.45) is 3.94. The third-order valence-electron chi connectivity index (χ3n) is 4.31. The molecule has 0 spiro atoms. The topological polar surface area (TPSA) is 51.0 Å². The van der Waals surface area contributed by atoms with Gasteiger partial charge in [-0.1, -0.05) is 43.3 Å². The van der Waals surface area contributed by atoms with Crippen molar-refractivity contribution >= 4 is 0 Å². The van der Waals surface area contributed by atoms with Crippen LogP contribution in [0.3, 0.4) is 0 Å². The lowest BCUT2D eigenvalue weighted by molar-refractivity contribution is 0.349. The number of likely N-dealkylation sites (N-methyl/N-ethyl adjacent to an activating group) is 1. The number of hydrogen-bond donors (Lipinski definition) is 1. The lowest BCUT2D eigenvalue weighted by Crippen LogP contribution is -2.30. The summed E-state index contributed by atoms with van der Waals surface area (Å²) in [6, 6.07) is 9.03. The van der Waals surface area contributed by atoms with Gasteiger partial charge in [0.05, 0.1) is 0 Å². The highest BCUT2D eigenvalue weighted by Gasteiger charge is 2.26. The molecule has 0 radical (unpaired) electrons. The highest BCUT2D eigenvalue weighted by molar-refractivity contribution is 5.34. The van der Waals surface area contributed by atoms with E-state index in [0.29, 0.717) is 12.0 Å². The monoisotopic (exact) mass is 285 g/mol. The van der Waals surface area contributed by atoms with Crippen LogP contribution in [0.1, 0.15) is 49.0 Å². The van der Waals surface area contributed by atoms with E-state index in [2.05, 4.69) is 53.6 Å². The Labute approximate surface area is 126 Å². The molecule has 0 amide bonds. The first-order chi connectivity index (χ1) is 10.3. The second-order valence-electron chi connectivity index (χ2n) is 5.79. The summed E-state index contributed by atoms with van der Waals surface area (Å²) in [5.74, 6) is 2.00. The smallest absolute Gasteiger partial charge is 0.228 e. The van der Waals surface area contributed by atoms with E-state index in [1.165, 1.54) is 11.1 Å². The van der Waals surface area contributed by atoms with E-state index in [-0.39, 0.29) is 0 Å². The Morgan fingerprint density at radius 3 is 2.57 bits per heavy atom. The molecule has 1 N–H and O–H groups in total. The summed E-state index contributed by atoms with van der Waals surface area (Å²) in [5, 5.41) is 7.66. The van der Waals surface area contributed by atoms with Crippen molar-refractivity contribution in [3.05, 3.63) is 47.1 Å². The molecule has 1 atom stereocenters. The number of nitrogens with zero attached hydrogens (tertiary/aromatic N) is 2. The maximum atomic E-state index is 5.45. The van der Waals surface area contributed by atoms with Gasteiger partial charge < -0.3 is 9.84 Å². The van der Waals surface area contributed by atoms with Crippen LogP contribution in [0.2, 0.25) is 0 Å². The zero-order valence-electron chi connectivity index (χ0n) is 12.8. The molecule has 0 bridgehead atoms. The van der Waals surface area contributed by atoms with Crippen molar-refractivity contribution in [2.45, 2.75) is 51.5 Å². The normalized spacial score (nSPS) is 16.1. The molecule has 1 aliphatic carbocycles. The lowest BCUT2D eigenvalue weighted by atomic mass is 10.1. The summed E-state index contributed by atoms with van der Waals surface area (Å²) in [5.41, 5.74) is 2.85. The first-order valence-electron chi connectivity index (χ1n) is 7.92. The lowest BCUT2D eigenvalue weighted by Gasteiger charge is -2.12. The third-order valence-corrected chi connectivity index (χ3v) is 4.31. The number of rotatable bonds is 6. The van der Waals surface area contributed by atoms with Crippen LogP contribution < -0.4 is 5.32 Å².